The van der Waals surface area contributed by atoms with E-state index in [1.807, 2.05) is 0 Å². The Balaban J connectivity index is 2.28. The van der Waals surface area contributed by atoms with Gasteiger partial charge in [0.1, 0.15) is 5.71 Å². The Morgan fingerprint density at radius 1 is 1.06 bits per heavy atom. The highest BCUT2D eigenvalue weighted by Crippen LogP contribution is 2.30. The van der Waals surface area contributed by atoms with Crippen LogP contribution >= 0.6 is 0 Å². The maximum Gasteiger partial charge on any atom is 0.416 e. The van der Waals surface area contributed by atoms with Crippen molar-refractivity contribution < 1.29 is 22.7 Å². The van der Waals surface area contributed by atoms with Crippen molar-refractivity contribution in [3.63, 3.8) is 0 Å². The Kier molecular flexibility index (Phi) is 8.34. The average molecular weight is 444 g/mol. The van der Waals surface area contributed by atoms with E-state index in [4.69, 9.17) is 15.6 Å². The number of alkyl halides is 3. The highest BCUT2D eigenvalue weighted by Gasteiger charge is 2.30. The Bertz CT molecular complexity index is 1030. The van der Waals surface area contributed by atoms with Crippen molar-refractivity contribution in [1.82, 2.24) is 0 Å². The molecule has 0 unspecified atom stereocenters. The molecule has 0 atom stereocenters. The standard InChI is InChI=1S/C23H23F3N4O2/c1-15(2)32-20(14-29-18-10-6-7-16(13-18)23(24,25)26)22(31)21(28)19(11-12-27)30-17-8-4-3-5-9-17/h3-15,27-30H,1-2H3/b19-11-,20-14+,27-12?,28-21?. The molecule has 0 heterocycles. The first kappa shape index (κ1) is 24.4. The van der Waals surface area contributed by atoms with Gasteiger partial charge >= 0.3 is 6.18 Å². The van der Waals surface area contributed by atoms with Crippen LogP contribution in [-0.2, 0) is 15.7 Å². The van der Waals surface area contributed by atoms with Gasteiger partial charge in [0.2, 0.25) is 5.78 Å². The molecule has 0 bridgehead atoms. The number of rotatable bonds is 10. The minimum atomic E-state index is -4.51. The lowest BCUT2D eigenvalue weighted by atomic mass is 10.1. The van der Waals surface area contributed by atoms with Crippen molar-refractivity contribution >= 4 is 29.1 Å². The summed E-state index contributed by atoms with van der Waals surface area (Å²) >= 11 is 0. The van der Waals surface area contributed by atoms with E-state index in [-0.39, 0.29) is 17.1 Å². The topological polar surface area (TPSA) is 98.1 Å². The lowest BCUT2D eigenvalue weighted by Crippen LogP contribution is -2.25. The highest BCUT2D eigenvalue weighted by molar-refractivity contribution is 6.50. The molecule has 0 amide bonds. The van der Waals surface area contributed by atoms with Crippen LogP contribution in [0.1, 0.15) is 19.4 Å². The number of hydrogen-bond acceptors (Lipinski definition) is 6. The number of allylic oxidation sites excluding steroid dienone is 3. The normalized spacial score (nSPS) is 12.3. The summed E-state index contributed by atoms with van der Waals surface area (Å²) in [6, 6.07) is 13.3. The van der Waals surface area contributed by atoms with Gasteiger partial charge in [0, 0.05) is 23.8 Å². The van der Waals surface area contributed by atoms with Crippen LogP contribution in [0.5, 0.6) is 0 Å². The molecule has 2 aromatic rings. The number of ether oxygens (including phenoxy) is 1. The third kappa shape index (κ3) is 7.12. The van der Waals surface area contributed by atoms with E-state index in [0.717, 1.165) is 24.5 Å². The van der Waals surface area contributed by atoms with E-state index in [9.17, 15) is 18.0 Å². The second-order valence-electron chi connectivity index (χ2n) is 6.84. The SMILES string of the molecule is CC(C)O/C(=C/Nc1cccc(C(F)(F)F)c1)C(=O)C(=N)/C(=C/C=N)Nc1ccccc1. The zero-order valence-electron chi connectivity index (χ0n) is 17.5. The number of carbonyl (C=O) groups excluding carboxylic acids is 1. The van der Waals surface area contributed by atoms with Gasteiger partial charge in [0.15, 0.2) is 5.76 Å². The Morgan fingerprint density at radius 3 is 2.31 bits per heavy atom. The molecule has 168 valence electrons. The molecule has 9 heteroatoms. The van der Waals surface area contributed by atoms with E-state index >= 15 is 0 Å². The second kappa shape index (κ2) is 10.9. The van der Waals surface area contributed by atoms with Crippen LogP contribution < -0.4 is 10.6 Å². The number of nitrogens with one attached hydrogen (secondary N) is 4. The zero-order valence-corrected chi connectivity index (χ0v) is 17.5. The molecule has 2 aromatic carbocycles. The smallest absolute Gasteiger partial charge is 0.416 e. The van der Waals surface area contributed by atoms with Gasteiger partial charge in [-0.2, -0.15) is 13.2 Å². The third-order valence-corrected chi connectivity index (χ3v) is 3.95. The maximum atomic E-state index is 12.9. The fourth-order valence-electron chi connectivity index (χ4n) is 2.53. The molecule has 0 aliphatic rings. The predicted molar refractivity (Wildman–Crippen MR) is 119 cm³/mol. The number of ketones is 1. The van der Waals surface area contributed by atoms with Gasteiger partial charge in [-0.15, -0.1) is 0 Å². The van der Waals surface area contributed by atoms with Gasteiger partial charge in [-0.05, 0) is 50.3 Å². The van der Waals surface area contributed by atoms with Crippen molar-refractivity contribution in [3.05, 3.63) is 83.9 Å². The van der Waals surface area contributed by atoms with Crippen molar-refractivity contribution in [2.24, 2.45) is 0 Å². The molecule has 0 aromatic heterocycles. The lowest BCUT2D eigenvalue weighted by Gasteiger charge is -2.16. The number of anilines is 2. The summed E-state index contributed by atoms with van der Waals surface area (Å²) in [5.41, 5.74) is -0.551. The van der Waals surface area contributed by atoms with Crippen LogP contribution in [-0.4, -0.2) is 23.8 Å². The number of halogens is 3. The first-order valence-electron chi connectivity index (χ1n) is 9.59. The summed E-state index contributed by atoms with van der Waals surface area (Å²) in [6.45, 7) is 3.34. The van der Waals surface area contributed by atoms with Crippen LogP contribution in [0.2, 0.25) is 0 Å². The fraction of sp³-hybridized carbons (Fsp3) is 0.174. The number of carbonyl (C=O) groups is 1. The second-order valence-corrected chi connectivity index (χ2v) is 6.84. The van der Waals surface area contributed by atoms with E-state index in [2.05, 4.69) is 10.6 Å². The molecule has 0 saturated carbocycles. The lowest BCUT2D eigenvalue weighted by molar-refractivity contribution is -0.137. The molecular formula is C23H23F3N4O2. The summed E-state index contributed by atoms with van der Waals surface area (Å²) in [5.74, 6) is -1.07. The maximum absolute atomic E-state index is 12.9. The van der Waals surface area contributed by atoms with Crippen LogP contribution in [0.4, 0.5) is 24.5 Å². The quantitative estimate of drug-likeness (QED) is 0.217. The molecule has 4 N–H and O–H groups in total. The number of hydrogen-bond donors (Lipinski definition) is 4. The summed E-state index contributed by atoms with van der Waals surface area (Å²) in [7, 11) is 0. The first-order chi connectivity index (χ1) is 15.1. The third-order valence-electron chi connectivity index (χ3n) is 3.95. The molecule has 6 nitrogen and oxygen atoms in total. The van der Waals surface area contributed by atoms with Crippen molar-refractivity contribution in [2.45, 2.75) is 26.1 Å². The number of para-hydroxylation sites is 1. The van der Waals surface area contributed by atoms with Crippen LogP contribution in [0.3, 0.4) is 0 Å². The summed E-state index contributed by atoms with van der Waals surface area (Å²) in [6.07, 6.45) is -1.64. The summed E-state index contributed by atoms with van der Waals surface area (Å²) in [4.78, 5) is 12.9. The monoisotopic (exact) mass is 444 g/mol. The van der Waals surface area contributed by atoms with E-state index in [1.54, 1.807) is 44.2 Å². The van der Waals surface area contributed by atoms with Crippen LogP contribution in [0.15, 0.2) is 78.3 Å². The van der Waals surface area contributed by atoms with Gasteiger partial charge in [-0.25, -0.2) is 0 Å². The Labute approximate surface area is 183 Å². The van der Waals surface area contributed by atoms with Crippen LogP contribution in [0, 0.1) is 10.8 Å². The van der Waals surface area contributed by atoms with E-state index in [0.29, 0.717) is 5.69 Å². The van der Waals surface area contributed by atoms with Gasteiger partial charge in [-0.1, -0.05) is 24.3 Å². The van der Waals surface area contributed by atoms with E-state index < -0.39 is 29.3 Å². The summed E-state index contributed by atoms with van der Waals surface area (Å²) < 4.78 is 44.3. The molecule has 0 fully saturated rings. The van der Waals surface area contributed by atoms with Gasteiger partial charge in [0.05, 0.1) is 17.4 Å². The minimum absolute atomic E-state index is 0.0634. The van der Waals surface area contributed by atoms with Crippen molar-refractivity contribution in [2.75, 3.05) is 10.6 Å². The van der Waals surface area contributed by atoms with Gasteiger partial charge in [-0.3, -0.25) is 10.2 Å². The molecule has 0 radical (unpaired) electrons. The minimum Gasteiger partial charge on any atom is -0.485 e. The largest absolute Gasteiger partial charge is 0.485 e. The van der Waals surface area contributed by atoms with Crippen molar-refractivity contribution in [3.8, 4) is 0 Å². The Morgan fingerprint density at radius 2 is 1.72 bits per heavy atom. The molecule has 0 aliphatic heterocycles. The van der Waals surface area contributed by atoms with Gasteiger partial charge in [0.25, 0.3) is 0 Å². The predicted octanol–water partition coefficient (Wildman–Crippen LogP) is 5.62. The fourth-order valence-corrected chi connectivity index (χ4v) is 2.53. The molecule has 0 spiro atoms. The molecule has 0 aliphatic carbocycles. The molecule has 0 saturated heterocycles. The van der Waals surface area contributed by atoms with Gasteiger partial charge < -0.3 is 20.8 Å². The number of Topliss-reactive ketones (excluding diaryl/α,β-unsaturated/α-hetero) is 1. The summed E-state index contributed by atoms with van der Waals surface area (Å²) in [5, 5.41) is 21.1. The number of benzene rings is 2. The highest BCUT2D eigenvalue weighted by atomic mass is 19.4. The first-order valence-corrected chi connectivity index (χ1v) is 9.59. The average Bonchev–Trinajstić information content (AvgIpc) is 2.75. The molecular weight excluding hydrogens is 421 g/mol. The molecule has 32 heavy (non-hydrogen) atoms. The zero-order chi connectivity index (χ0) is 23.7. The Hall–Kier alpha value is -3.88. The van der Waals surface area contributed by atoms with E-state index in [1.165, 1.54) is 18.2 Å². The molecule has 2 rings (SSSR count). The van der Waals surface area contributed by atoms with Crippen molar-refractivity contribution in [1.29, 1.82) is 10.8 Å². The van der Waals surface area contributed by atoms with Crippen LogP contribution in [0.25, 0.3) is 0 Å².